The van der Waals surface area contributed by atoms with Gasteiger partial charge < -0.3 is 10.0 Å². The third kappa shape index (κ3) is 3.66. The molecule has 0 aliphatic carbocycles. The van der Waals surface area contributed by atoms with E-state index in [2.05, 4.69) is 16.9 Å². The summed E-state index contributed by atoms with van der Waals surface area (Å²) in [6, 6.07) is 0. The first-order valence-electron chi connectivity index (χ1n) is 6.71. The monoisotopic (exact) mass is 265 g/mol. The van der Waals surface area contributed by atoms with Crippen LogP contribution in [-0.2, 0) is 0 Å². The third-order valence-electron chi connectivity index (χ3n) is 3.03. The Kier molecular flexibility index (Phi) is 5.27. The summed E-state index contributed by atoms with van der Waals surface area (Å²) in [7, 11) is 1.88. The second kappa shape index (κ2) is 6.50. The minimum atomic E-state index is -0.967. The highest BCUT2D eigenvalue weighted by atomic mass is 16.4. The predicted molar refractivity (Wildman–Crippen MR) is 76.0 cm³/mol. The molecular weight excluding hydrogens is 242 g/mol. The van der Waals surface area contributed by atoms with E-state index in [4.69, 9.17) is 0 Å². The van der Waals surface area contributed by atoms with Crippen LogP contribution < -0.4 is 4.90 Å². The zero-order valence-corrected chi connectivity index (χ0v) is 12.4. The van der Waals surface area contributed by atoms with Crippen molar-refractivity contribution < 1.29 is 9.90 Å². The van der Waals surface area contributed by atoms with Crippen LogP contribution >= 0.6 is 0 Å². The first-order valence-corrected chi connectivity index (χ1v) is 6.71. The molecule has 0 spiro atoms. The number of aryl methyl sites for hydroxylation is 1. The largest absolute Gasteiger partial charge is 0.477 e. The topological polar surface area (TPSA) is 66.3 Å². The number of carbonyl (C=O) groups is 1. The van der Waals surface area contributed by atoms with Gasteiger partial charge in [0, 0.05) is 19.5 Å². The Morgan fingerprint density at radius 2 is 2.00 bits per heavy atom. The van der Waals surface area contributed by atoms with E-state index in [1.807, 2.05) is 25.8 Å². The van der Waals surface area contributed by atoms with Gasteiger partial charge in [0.1, 0.15) is 17.2 Å². The van der Waals surface area contributed by atoms with E-state index < -0.39 is 5.97 Å². The zero-order chi connectivity index (χ0) is 14.6. The van der Waals surface area contributed by atoms with Gasteiger partial charge in [-0.25, -0.2) is 14.8 Å². The van der Waals surface area contributed by atoms with Crippen molar-refractivity contribution in [1.82, 2.24) is 9.97 Å². The number of hydrogen-bond acceptors (Lipinski definition) is 4. The van der Waals surface area contributed by atoms with Gasteiger partial charge in [-0.15, -0.1) is 0 Å². The maximum atomic E-state index is 11.4. The molecule has 0 fully saturated rings. The second-order valence-corrected chi connectivity index (χ2v) is 5.10. The minimum Gasteiger partial charge on any atom is -0.477 e. The molecule has 5 nitrogen and oxygen atoms in total. The number of aromatic carboxylic acids is 1. The Morgan fingerprint density at radius 3 is 2.47 bits per heavy atom. The van der Waals surface area contributed by atoms with E-state index >= 15 is 0 Å². The van der Waals surface area contributed by atoms with Crippen molar-refractivity contribution >= 4 is 11.8 Å². The van der Waals surface area contributed by atoms with Crippen molar-refractivity contribution in [1.29, 1.82) is 0 Å². The Morgan fingerprint density at radius 1 is 1.37 bits per heavy atom. The van der Waals surface area contributed by atoms with E-state index in [9.17, 15) is 9.90 Å². The van der Waals surface area contributed by atoms with Crippen LogP contribution in [-0.4, -0.2) is 34.6 Å². The average molecular weight is 265 g/mol. The Labute approximate surface area is 114 Å². The summed E-state index contributed by atoms with van der Waals surface area (Å²) in [6.07, 6.45) is 2.07. The quantitative estimate of drug-likeness (QED) is 0.856. The first-order chi connectivity index (χ1) is 8.88. The number of carboxylic acids is 1. The molecule has 1 N–H and O–H groups in total. The summed E-state index contributed by atoms with van der Waals surface area (Å²) in [5.74, 6) is 0.434. The van der Waals surface area contributed by atoms with Gasteiger partial charge in [-0.1, -0.05) is 27.2 Å². The maximum Gasteiger partial charge on any atom is 0.341 e. The molecule has 0 amide bonds. The summed E-state index contributed by atoms with van der Waals surface area (Å²) in [5.41, 5.74) is 0.743. The van der Waals surface area contributed by atoms with Crippen molar-refractivity contribution in [2.75, 3.05) is 18.5 Å². The van der Waals surface area contributed by atoms with Crippen LogP contribution in [0.2, 0.25) is 0 Å². The lowest BCUT2D eigenvalue weighted by Crippen LogP contribution is -2.24. The third-order valence-corrected chi connectivity index (χ3v) is 3.03. The highest BCUT2D eigenvalue weighted by molar-refractivity contribution is 5.94. The lowest BCUT2D eigenvalue weighted by atomic mass is 10.1. The molecule has 0 aliphatic rings. The summed E-state index contributed by atoms with van der Waals surface area (Å²) in [5, 5.41) is 9.34. The van der Waals surface area contributed by atoms with Crippen molar-refractivity contribution in [3.63, 3.8) is 0 Å². The fourth-order valence-corrected chi connectivity index (χ4v) is 1.86. The van der Waals surface area contributed by atoms with Crippen LogP contribution in [0.15, 0.2) is 0 Å². The molecule has 1 aromatic heterocycles. The summed E-state index contributed by atoms with van der Waals surface area (Å²) in [4.78, 5) is 22.0. The van der Waals surface area contributed by atoms with Crippen LogP contribution in [0.5, 0.6) is 0 Å². The molecule has 0 aromatic carbocycles. The fourth-order valence-electron chi connectivity index (χ4n) is 1.86. The molecular formula is C14H23N3O2. The molecule has 0 saturated heterocycles. The van der Waals surface area contributed by atoms with Crippen molar-refractivity contribution in [2.24, 2.45) is 0 Å². The van der Waals surface area contributed by atoms with Crippen molar-refractivity contribution in [3.8, 4) is 0 Å². The van der Waals surface area contributed by atoms with E-state index in [1.54, 1.807) is 6.92 Å². The van der Waals surface area contributed by atoms with E-state index in [-0.39, 0.29) is 11.5 Å². The highest BCUT2D eigenvalue weighted by Crippen LogP contribution is 2.23. The van der Waals surface area contributed by atoms with Crippen molar-refractivity contribution in [2.45, 2.75) is 46.5 Å². The number of nitrogens with zero attached hydrogens (tertiary/aromatic N) is 3. The van der Waals surface area contributed by atoms with Gasteiger partial charge in [-0.05, 0) is 13.3 Å². The molecule has 0 unspecified atom stereocenters. The fraction of sp³-hybridized carbons (Fsp3) is 0.643. The van der Waals surface area contributed by atoms with Gasteiger partial charge in [0.2, 0.25) is 0 Å². The van der Waals surface area contributed by atoms with Gasteiger partial charge in [0.15, 0.2) is 0 Å². The van der Waals surface area contributed by atoms with Crippen LogP contribution in [0.25, 0.3) is 0 Å². The Bertz CT molecular complexity index is 458. The molecule has 1 heterocycles. The van der Waals surface area contributed by atoms with Gasteiger partial charge in [0.05, 0.1) is 5.69 Å². The molecule has 0 bridgehead atoms. The van der Waals surface area contributed by atoms with E-state index in [0.29, 0.717) is 17.3 Å². The number of carboxylic acid groups (broad SMARTS) is 1. The zero-order valence-electron chi connectivity index (χ0n) is 12.4. The first kappa shape index (κ1) is 15.4. The number of anilines is 1. The van der Waals surface area contributed by atoms with Gasteiger partial charge >= 0.3 is 5.97 Å². The van der Waals surface area contributed by atoms with Crippen LogP contribution in [0.4, 0.5) is 5.82 Å². The molecule has 0 aliphatic heterocycles. The molecule has 0 saturated carbocycles. The molecule has 0 atom stereocenters. The molecule has 0 radical (unpaired) electrons. The normalized spacial score (nSPS) is 10.8. The Hall–Kier alpha value is -1.65. The maximum absolute atomic E-state index is 11.4. The lowest BCUT2D eigenvalue weighted by Gasteiger charge is -2.22. The average Bonchev–Trinajstić information content (AvgIpc) is 2.34. The second-order valence-electron chi connectivity index (χ2n) is 5.10. The summed E-state index contributed by atoms with van der Waals surface area (Å²) in [6.45, 7) is 8.64. The molecule has 1 aromatic rings. The standard InChI is InChI=1S/C14H23N3O2/c1-6-7-8-17(5)13-11(14(18)19)10(4)15-12(16-13)9(2)3/h9H,6-8H2,1-5H3,(H,18,19). The lowest BCUT2D eigenvalue weighted by molar-refractivity contribution is 0.0695. The molecule has 106 valence electrons. The Balaban J connectivity index is 3.27. The number of rotatable bonds is 6. The molecule has 1 rings (SSSR count). The minimum absolute atomic E-state index is 0.180. The number of hydrogen-bond donors (Lipinski definition) is 1. The van der Waals surface area contributed by atoms with Gasteiger partial charge in [-0.2, -0.15) is 0 Å². The summed E-state index contributed by atoms with van der Waals surface area (Å²) >= 11 is 0. The van der Waals surface area contributed by atoms with Gasteiger partial charge in [0.25, 0.3) is 0 Å². The molecule has 19 heavy (non-hydrogen) atoms. The van der Waals surface area contributed by atoms with Crippen LogP contribution in [0.3, 0.4) is 0 Å². The smallest absolute Gasteiger partial charge is 0.341 e. The predicted octanol–water partition coefficient (Wildman–Crippen LogP) is 2.84. The number of aromatic nitrogens is 2. The number of unbranched alkanes of at least 4 members (excludes halogenated alkanes) is 1. The molecule has 5 heteroatoms. The highest BCUT2D eigenvalue weighted by Gasteiger charge is 2.21. The van der Waals surface area contributed by atoms with Crippen LogP contribution in [0, 0.1) is 6.92 Å². The summed E-state index contributed by atoms with van der Waals surface area (Å²) < 4.78 is 0. The van der Waals surface area contributed by atoms with Crippen LogP contribution in [0.1, 0.15) is 61.4 Å². The SMILES string of the molecule is CCCCN(C)c1nc(C(C)C)nc(C)c1C(=O)O. The van der Waals surface area contributed by atoms with E-state index in [1.165, 1.54) is 0 Å². The van der Waals surface area contributed by atoms with Gasteiger partial charge in [-0.3, -0.25) is 0 Å². The van der Waals surface area contributed by atoms with Crippen molar-refractivity contribution in [3.05, 3.63) is 17.1 Å². The van der Waals surface area contributed by atoms with E-state index in [0.717, 1.165) is 19.4 Å².